The van der Waals surface area contributed by atoms with Crippen molar-refractivity contribution in [2.24, 2.45) is 5.92 Å². The molecule has 0 aromatic rings. The molecule has 1 fully saturated rings. The molecule has 3 atom stereocenters. The quantitative estimate of drug-likeness (QED) is 0.661. The third-order valence-electron chi connectivity index (χ3n) is 3.12. The van der Waals surface area contributed by atoms with Crippen molar-refractivity contribution in [2.75, 3.05) is 13.1 Å². The van der Waals surface area contributed by atoms with Crippen molar-refractivity contribution >= 4 is 12.0 Å². The van der Waals surface area contributed by atoms with Gasteiger partial charge in [-0.15, -0.1) is 0 Å². The summed E-state index contributed by atoms with van der Waals surface area (Å²) < 4.78 is 0. The van der Waals surface area contributed by atoms with E-state index in [-0.39, 0.29) is 13.0 Å². The second kappa shape index (κ2) is 5.86. The van der Waals surface area contributed by atoms with Crippen LogP contribution < -0.4 is 5.32 Å². The predicted molar refractivity (Wildman–Crippen MR) is 61.6 cm³/mol. The molecular formula is C11H20N2O4. The number of carbonyl (C=O) groups is 2. The van der Waals surface area contributed by atoms with Gasteiger partial charge in [-0.1, -0.05) is 20.3 Å². The van der Waals surface area contributed by atoms with Crippen LogP contribution in [0.2, 0.25) is 0 Å². The number of carboxylic acids is 1. The van der Waals surface area contributed by atoms with E-state index < -0.39 is 24.1 Å². The van der Waals surface area contributed by atoms with Gasteiger partial charge in [-0.3, -0.25) is 0 Å². The molecule has 17 heavy (non-hydrogen) atoms. The first-order valence-corrected chi connectivity index (χ1v) is 5.91. The van der Waals surface area contributed by atoms with Crippen LogP contribution in [-0.2, 0) is 4.79 Å². The molecule has 1 heterocycles. The number of nitrogens with zero attached hydrogens (tertiary/aromatic N) is 1. The van der Waals surface area contributed by atoms with E-state index in [0.717, 1.165) is 6.42 Å². The van der Waals surface area contributed by atoms with Crippen molar-refractivity contribution in [3.63, 3.8) is 0 Å². The molecule has 6 heteroatoms. The number of aliphatic carboxylic acids is 1. The number of amides is 2. The molecule has 0 spiro atoms. The number of rotatable bonds is 4. The molecule has 1 aliphatic rings. The first-order chi connectivity index (χ1) is 7.95. The Bertz CT molecular complexity index is 295. The first-order valence-electron chi connectivity index (χ1n) is 5.91. The highest BCUT2D eigenvalue weighted by Crippen LogP contribution is 2.18. The molecule has 0 bridgehead atoms. The minimum atomic E-state index is -1.07. The van der Waals surface area contributed by atoms with Crippen LogP contribution in [0, 0.1) is 5.92 Å². The number of β-amino-alcohol motifs (C(OH)–C–C–N with tert-alkyl or cyclic N) is 1. The predicted octanol–water partition coefficient (Wildman–Crippen LogP) is 0.262. The zero-order valence-corrected chi connectivity index (χ0v) is 10.2. The van der Waals surface area contributed by atoms with Crippen LogP contribution in [0.1, 0.15) is 26.7 Å². The Morgan fingerprint density at radius 3 is 2.71 bits per heavy atom. The van der Waals surface area contributed by atoms with Gasteiger partial charge in [0.15, 0.2) is 0 Å². The minimum Gasteiger partial charge on any atom is -0.480 e. The Labute approximate surface area is 101 Å². The lowest BCUT2D eigenvalue weighted by Crippen LogP contribution is -2.47. The maximum atomic E-state index is 11.8. The molecule has 0 aromatic heterocycles. The molecule has 1 rings (SSSR count). The number of carboxylic acid groups (broad SMARTS) is 1. The molecule has 0 saturated carbocycles. The molecule has 0 radical (unpaired) electrons. The van der Waals surface area contributed by atoms with E-state index in [9.17, 15) is 14.7 Å². The highest BCUT2D eigenvalue weighted by molar-refractivity contribution is 5.83. The second-order valence-electron chi connectivity index (χ2n) is 4.60. The lowest BCUT2D eigenvalue weighted by Gasteiger charge is -2.22. The number of aliphatic hydroxyl groups excluding tert-OH is 1. The maximum absolute atomic E-state index is 11.8. The van der Waals surface area contributed by atoms with Crippen LogP contribution in [0.3, 0.4) is 0 Å². The van der Waals surface area contributed by atoms with Crippen molar-refractivity contribution in [1.29, 1.82) is 0 Å². The molecule has 6 nitrogen and oxygen atoms in total. The zero-order chi connectivity index (χ0) is 13.0. The fraction of sp³-hybridized carbons (Fsp3) is 0.818. The summed E-state index contributed by atoms with van der Waals surface area (Å²) in [6.07, 6.45) is 0.308. The van der Waals surface area contributed by atoms with E-state index in [4.69, 9.17) is 5.11 Å². The van der Waals surface area contributed by atoms with Gasteiger partial charge in [-0.2, -0.15) is 0 Å². The molecule has 2 amide bonds. The van der Waals surface area contributed by atoms with E-state index in [2.05, 4.69) is 5.32 Å². The lowest BCUT2D eigenvalue weighted by atomic mass is 10.1. The molecule has 0 aromatic carbocycles. The standard InChI is InChI=1S/C11H20N2O4/c1-3-7(2)5-12-11(17)13-6-8(14)4-9(13)10(15)16/h7-9,14H,3-6H2,1-2H3,(H,12,17)(H,15,16)/t7?,8-,9+/m1/s1. The number of likely N-dealkylation sites (tertiary alicyclic amines) is 1. The fourth-order valence-corrected chi connectivity index (χ4v) is 1.78. The van der Waals surface area contributed by atoms with E-state index in [1.165, 1.54) is 4.90 Å². The van der Waals surface area contributed by atoms with Gasteiger partial charge in [0.2, 0.25) is 0 Å². The lowest BCUT2D eigenvalue weighted by molar-refractivity contribution is -0.141. The van der Waals surface area contributed by atoms with Gasteiger partial charge in [0.1, 0.15) is 6.04 Å². The van der Waals surface area contributed by atoms with Crippen LogP contribution in [0.15, 0.2) is 0 Å². The van der Waals surface area contributed by atoms with Crippen molar-refractivity contribution in [3.05, 3.63) is 0 Å². The summed E-state index contributed by atoms with van der Waals surface area (Å²) in [7, 11) is 0. The maximum Gasteiger partial charge on any atom is 0.326 e. The second-order valence-corrected chi connectivity index (χ2v) is 4.60. The molecule has 1 saturated heterocycles. The highest BCUT2D eigenvalue weighted by atomic mass is 16.4. The molecule has 98 valence electrons. The number of nitrogens with one attached hydrogen (secondary N) is 1. The van der Waals surface area contributed by atoms with Crippen LogP contribution in [0.5, 0.6) is 0 Å². The van der Waals surface area contributed by atoms with Gasteiger partial charge in [-0.05, 0) is 5.92 Å². The Kier molecular flexibility index (Phi) is 4.74. The van der Waals surface area contributed by atoms with E-state index in [1.807, 2.05) is 13.8 Å². The SMILES string of the molecule is CCC(C)CNC(=O)N1C[C@H](O)C[C@H]1C(=O)O. The zero-order valence-electron chi connectivity index (χ0n) is 10.2. The number of hydrogen-bond donors (Lipinski definition) is 3. The Balaban J connectivity index is 2.52. The molecule has 0 aliphatic carbocycles. The van der Waals surface area contributed by atoms with Gasteiger partial charge in [0.05, 0.1) is 6.10 Å². The number of hydrogen-bond acceptors (Lipinski definition) is 3. The normalized spacial score (nSPS) is 25.7. The summed E-state index contributed by atoms with van der Waals surface area (Å²) in [5.41, 5.74) is 0. The topological polar surface area (TPSA) is 89.9 Å². The molecule has 1 aliphatic heterocycles. The van der Waals surface area contributed by atoms with Crippen LogP contribution in [0.25, 0.3) is 0 Å². The average Bonchev–Trinajstić information content (AvgIpc) is 2.67. The van der Waals surface area contributed by atoms with Crippen molar-refractivity contribution in [2.45, 2.75) is 38.8 Å². The van der Waals surface area contributed by atoms with Gasteiger partial charge in [-0.25, -0.2) is 9.59 Å². The van der Waals surface area contributed by atoms with Gasteiger partial charge in [0.25, 0.3) is 0 Å². The highest BCUT2D eigenvalue weighted by Gasteiger charge is 2.38. The Morgan fingerprint density at radius 2 is 2.18 bits per heavy atom. The van der Waals surface area contributed by atoms with Gasteiger partial charge >= 0.3 is 12.0 Å². The smallest absolute Gasteiger partial charge is 0.326 e. The van der Waals surface area contributed by atoms with Crippen molar-refractivity contribution in [3.8, 4) is 0 Å². The summed E-state index contributed by atoms with van der Waals surface area (Å²) in [5.74, 6) is -0.713. The Hall–Kier alpha value is -1.30. The number of carbonyl (C=O) groups excluding carboxylic acids is 1. The van der Waals surface area contributed by atoms with Crippen LogP contribution in [0.4, 0.5) is 4.79 Å². The van der Waals surface area contributed by atoms with Gasteiger partial charge < -0.3 is 20.4 Å². The fourth-order valence-electron chi connectivity index (χ4n) is 1.78. The van der Waals surface area contributed by atoms with E-state index in [0.29, 0.717) is 12.5 Å². The van der Waals surface area contributed by atoms with E-state index in [1.54, 1.807) is 0 Å². The first kappa shape index (κ1) is 13.8. The van der Waals surface area contributed by atoms with Crippen molar-refractivity contribution in [1.82, 2.24) is 10.2 Å². The molecule has 3 N–H and O–H groups in total. The van der Waals surface area contributed by atoms with Gasteiger partial charge in [0, 0.05) is 19.5 Å². The van der Waals surface area contributed by atoms with Crippen molar-refractivity contribution < 1.29 is 19.8 Å². The van der Waals surface area contributed by atoms with E-state index >= 15 is 0 Å². The largest absolute Gasteiger partial charge is 0.480 e. The summed E-state index contributed by atoms with van der Waals surface area (Å²) >= 11 is 0. The van der Waals surface area contributed by atoms with Crippen LogP contribution >= 0.6 is 0 Å². The Morgan fingerprint density at radius 1 is 1.53 bits per heavy atom. The number of urea groups is 1. The summed E-state index contributed by atoms with van der Waals surface area (Å²) in [5, 5.41) is 21.0. The minimum absolute atomic E-state index is 0.0866. The monoisotopic (exact) mass is 244 g/mol. The average molecular weight is 244 g/mol. The third kappa shape index (κ3) is 3.59. The summed E-state index contributed by atoms with van der Waals surface area (Å²) in [6.45, 7) is 4.64. The third-order valence-corrected chi connectivity index (χ3v) is 3.12. The summed E-state index contributed by atoms with van der Waals surface area (Å²) in [4.78, 5) is 23.9. The summed E-state index contributed by atoms with van der Waals surface area (Å²) in [6, 6.07) is -1.32. The molecular weight excluding hydrogens is 224 g/mol. The molecule has 1 unspecified atom stereocenters. The van der Waals surface area contributed by atoms with Crippen LogP contribution in [-0.4, -0.2) is 52.3 Å². The number of aliphatic hydroxyl groups is 1.